The number of ether oxygens (including phenoxy) is 2. The van der Waals surface area contributed by atoms with Crippen LogP contribution >= 0.6 is 23.1 Å². The number of carbonyl (C=O) groups excluding carboxylic acids is 2. The molecular formula is C19H21N3O4S2. The molecular weight excluding hydrogens is 398 g/mol. The number of hydrogen-bond donors (Lipinski definition) is 2. The summed E-state index contributed by atoms with van der Waals surface area (Å²) >= 11 is 2.56. The smallest absolute Gasteiger partial charge is 0.264 e. The number of aromatic nitrogens is 1. The Morgan fingerprint density at radius 1 is 1.25 bits per heavy atom. The van der Waals surface area contributed by atoms with Gasteiger partial charge in [-0.15, -0.1) is 0 Å². The number of benzene rings is 1. The standard InChI is InChI=1S/C19H21N3O4S2/c1-5-15(27-6-2)17-18(20-12(3)23)28-19(22-17)21-16(24)11-26-14-9-7-13(25-4)8-10-14/h5-10H,2,11H2,1,3-4H3,(H,20,23)(H,21,22,24). The van der Waals surface area contributed by atoms with E-state index in [-0.39, 0.29) is 18.4 Å². The summed E-state index contributed by atoms with van der Waals surface area (Å²) in [6.45, 7) is 6.81. The van der Waals surface area contributed by atoms with E-state index in [0.717, 1.165) is 4.91 Å². The van der Waals surface area contributed by atoms with E-state index in [1.807, 2.05) is 13.0 Å². The third-order valence-electron chi connectivity index (χ3n) is 3.30. The van der Waals surface area contributed by atoms with E-state index < -0.39 is 0 Å². The van der Waals surface area contributed by atoms with Crippen LogP contribution in [-0.4, -0.2) is 30.5 Å². The average molecular weight is 420 g/mol. The first-order valence-electron chi connectivity index (χ1n) is 8.26. The second-order valence-electron chi connectivity index (χ2n) is 5.33. The highest BCUT2D eigenvalue weighted by Crippen LogP contribution is 2.38. The van der Waals surface area contributed by atoms with E-state index in [2.05, 4.69) is 22.2 Å². The molecule has 2 aromatic rings. The number of methoxy groups -OCH3 is 1. The summed E-state index contributed by atoms with van der Waals surface area (Å²) in [6, 6.07) is 6.92. The highest BCUT2D eigenvalue weighted by atomic mass is 32.2. The van der Waals surface area contributed by atoms with Gasteiger partial charge in [-0.1, -0.05) is 35.8 Å². The van der Waals surface area contributed by atoms with E-state index in [1.165, 1.54) is 30.0 Å². The van der Waals surface area contributed by atoms with Crippen LogP contribution in [0.5, 0.6) is 11.5 Å². The van der Waals surface area contributed by atoms with Crippen molar-refractivity contribution >= 4 is 50.0 Å². The first-order chi connectivity index (χ1) is 13.5. The fourth-order valence-corrected chi connectivity index (χ4v) is 3.69. The van der Waals surface area contributed by atoms with Crippen LogP contribution in [0.15, 0.2) is 42.3 Å². The molecule has 7 nitrogen and oxygen atoms in total. The van der Waals surface area contributed by atoms with Crippen LogP contribution in [-0.2, 0) is 9.59 Å². The topological polar surface area (TPSA) is 89.6 Å². The van der Waals surface area contributed by atoms with E-state index in [1.54, 1.807) is 36.8 Å². The van der Waals surface area contributed by atoms with Crippen molar-refractivity contribution in [3.63, 3.8) is 0 Å². The number of hydrogen-bond acceptors (Lipinski definition) is 7. The summed E-state index contributed by atoms with van der Waals surface area (Å²) in [6.07, 6.45) is 1.87. The maximum atomic E-state index is 12.2. The lowest BCUT2D eigenvalue weighted by Gasteiger charge is -2.06. The molecule has 0 aliphatic rings. The van der Waals surface area contributed by atoms with Crippen molar-refractivity contribution < 1.29 is 19.1 Å². The summed E-state index contributed by atoms with van der Waals surface area (Å²) in [4.78, 5) is 28.9. The van der Waals surface area contributed by atoms with Crippen LogP contribution < -0.4 is 20.1 Å². The molecule has 1 aromatic heterocycles. The molecule has 0 fully saturated rings. The molecule has 0 atom stereocenters. The number of thioether (sulfide) groups is 1. The Bertz CT molecular complexity index is 876. The van der Waals surface area contributed by atoms with Gasteiger partial charge in [0.1, 0.15) is 22.2 Å². The van der Waals surface area contributed by atoms with Crippen LogP contribution in [0, 0.1) is 0 Å². The maximum absolute atomic E-state index is 12.2. The monoisotopic (exact) mass is 419 g/mol. The summed E-state index contributed by atoms with van der Waals surface area (Å²) in [5, 5.41) is 8.04. The van der Waals surface area contributed by atoms with Crippen LogP contribution in [0.4, 0.5) is 10.1 Å². The lowest BCUT2D eigenvalue weighted by Crippen LogP contribution is -2.20. The van der Waals surface area contributed by atoms with E-state index in [0.29, 0.717) is 27.3 Å². The zero-order valence-electron chi connectivity index (χ0n) is 15.8. The number of allylic oxidation sites excluding steroid dienone is 1. The Kier molecular flexibility index (Phi) is 8.09. The minimum absolute atomic E-state index is 0.172. The zero-order chi connectivity index (χ0) is 20.5. The molecule has 0 bridgehead atoms. The maximum Gasteiger partial charge on any atom is 0.264 e. The molecule has 2 amide bonds. The molecule has 1 aromatic carbocycles. The second kappa shape index (κ2) is 10.5. The van der Waals surface area contributed by atoms with Gasteiger partial charge in [0.25, 0.3) is 5.91 Å². The lowest BCUT2D eigenvalue weighted by atomic mass is 10.3. The van der Waals surface area contributed by atoms with Gasteiger partial charge >= 0.3 is 0 Å². The molecule has 0 aliphatic heterocycles. The number of amides is 2. The van der Waals surface area contributed by atoms with Crippen molar-refractivity contribution in [2.45, 2.75) is 13.8 Å². The number of thiazole rings is 1. The van der Waals surface area contributed by atoms with Crippen molar-refractivity contribution in [1.29, 1.82) is 0 Å². The van der Waals surface area contributed by atoms with Crippen LogP contribution in [0.3, 0.4) is 0 Å². The van der Waals surface area contributed by atoms with Crippen molar-refractivity contribution in [2.24, 2.45) is 0 Å². The average Bonchev–Trinajstić information content (AvgIpc) is 3.05. The Morgan fingerprint density at radius 3 is 2.50 bits per heavy atom. The molecule has 1 heterocycles. The fraction of sp³-hybridized carbons (Fsp3) is 0.211. The Labute approximate surface area is 171 Å². The lowest BCUT2D eigenvalue weighted by molar-refractivity contribution is -0.118. The predicted octanol–water partition coefficient (Wildman–Crippen LogP) is 4.37. The number of nitrogens with one attached hydrogen (secondary N) is 2. The highest BCUT2D eigenvalue weighted by molar-refractivity contribution is 8.10. The van der Waals surface area contributed by atoms with Gasteiger partial charge in [0.15, 0.2) is 11.7 Å². The zero-order valence-corrected chi connectivity index (χ0v) is 17.4. The van der Waals surface area contributed by atoms with Gasteiger partial charge in [0, 0.05) is 11.8 Å². The summed E-state index contributed by atoms with van der Waals surface area (Å²) in [7, 11) is 1.58. The van der Waals surface area contributed by atoms with E-state index in [9.17, 15) is 9.59 Å². The van der Waals surface area contributed by atoms with Crippen LogP contribution in [0.25, 0.3) is 4.91 Å². The molecule has 0 radical (unpaired) electrons. The minimum atomic E-state index is -0.358. The number of anilines is 2. The molecule has 0 spiro atoms. The van der Waals surface area contributed by atoms with Gasteiger partial charge in [-0.25, -0.2) is 4.98 Å². The van der Waals surface area contributed by atoms with Gasteiger partial charge in [0.2, 0.25) is 5.91 Å². The highest BCUT2D eigenvalue weighted by Gasteiger charge is 2.17. The Balaban J connectivity index is 2.07. The van der Waals surface area contributed by atoms with Crippen LogP contribution in [0.1, 0.15) is 19.5 Å². The third kappa shape index (κ3) is 6.14. The predicted molar refractivity (Wildman–Crippen MR) is 115 cm³/mol. The van der Waals surface area contributed by atoms with Crippen molar-refractivity contribution in [2.75, 3.05) is 24.4 Å². The van der Waals surface area contributed by atoms with Gasteiger partial charge < -0.3 is 14.8 Å². The second-order valence-corrected chi connectivity index (χ2v) is 7.34. The van der Waals surface area contributed by atoms with Gasteiger partial charge in [-0.05, 0) is 36.6 Å². The third-order valence-corrected chi connectivity index (χ3v) is 5.03. The van der Waals surface area contributed by atoms with Crippen molar-refractivity contribution in [3.8, 4) is 11.5 Å². The summed E-state index contributed by atoms with van der Waals surface area (Å²) in [5.41, 5.74) is 0.582. The van der Waals surface area contributed by atoms with E-state index >= 15 is 0 Å². The van der Waals surface area contributed by atoms with Gasteiger partial charge in [-0.3, -0.25) is 14.9 Å². The van der Waals surface area contributed by atoms with Crippen LogP contribution in [0.2, 0.25) is 0 Å². The largest absolute Gasteiger partial charge is 0.497 e. The number of rotatable bonds is 9. The molecule has 28 heavy (non-hydrogen) atoms. The molecule has 2 N–H and O–H groups in total. The summed E-state index contributed by atoms with van der Waals surface area (Å²) in [5.74, 6) is 0.677. The molecule has 0 saturated heterocycles. The van der Waals surface area contributed by atoms with Crippen molar-refractivity contribution in [3.05, 3.63) is 48.0 Å². The number of nitrogens with zero attached hydrogens (tertiary/aromatic N) is 1. The first kappa shape index (κ1) is 21.5. The normalized spacial score (nSPS) is 10.9. The molecule has 2 rings (SSSR count). The quantitative estimate of drug-likeness (QED) is 0.628. The van der Waals surface area contributed by atoms with E-state index in [4.69, 9.17) is 9.47 Å². The Morgan fingerprint density at radius 2 is 1.93 bits per heavy atom. The molecule has 148 valence electrons. The molecule has 0 saturated carbocycles. The minimum Gasteiger partial charge on any atom is -0.497 e. The SMILES string of the molecule is C=CSC(=CC)c1nc(NC(=O)COc2ccc(OC)cc2)sc1NC(C)=O. The van der Waals surface area contributed by atoms with Gasteiger partial charge in [-0.2, -0.15) is 0 Å². The van der Waals surface area contributed by atoms with Gasteiger partial charge in [0.05, 0.1) is 7.11 Å². The first-order valence-corrected chi connectivity index (χ1v) is 9.95. The number of carbonyl (C=O) groups is 2. The summed E-state index contributed by atoms with van der Waals surface area (Å²) < 4.78 is 10.5. The molecule has 9 heteroatoms. The molecule has 0 aliphatic carbocycles. The molecule has 0 unspecified atom stereocenters. The Hall–Kier alpha value is -2.78. The fourth-order valence-electron chi connectivity index (χ4n) is 2.11. The van der Waals surface area contributed by atoms with Crippen molar-refractivity contribution in [1.82, 2.24) is 4.98 Å².